The molecule has 0 radical (unpaired) electrons. The van der Waals surface area contributed by atoms with Gasteiger partial charge in [-0.05, 0) is 35.9 Å². The maximum atomic E-state index is 12.0. The SMILES string of the molecule is O=C(O)c1ccc(NC(=O)c2ccc(CO)cc2)c(O)c1. The second-order valence-electron chi connectivity index (χ2n) is 4.35. The molecule has 108 valence electrons. The van der Waals surface area contributed by atoms with Crippen molar-refractivity contribution in [3.05, 3.63) is 59.2 Å². The second-order valence-corrected chi connectivity index (χ2v) is 4.35. The molecule has 6 heteroatoms. The number of phenolic OH excluding ortho intramolecular Hbond substituents is 1. The first-order chi connectivity index (χ1) is 10.0. The predicted molar refractivity (Wildman–Crippen MR) is 75.4 cm³/mol. The molecular formula is C15H13NO5. The van der Waals surface area contributed by atoms with E-state index in [0.29, 0.717) is 11.1 Å². The highest BCUT2D eigenvalue weighted by molar-refractivity contribution is 6.05. The first kappa shape index (κ1) is 14.5. The van der Waals surface area contributed by atoms with E-state index in [2.05, 4.69) is 5.32 Å². The van der Waals surface area contributed by atoms with Crippen molar-refractivity contribution in [1.29, 1.82) is 0 Å². The molecule has 0 heterocycles. The zero-order valence-corrected chi connectivity index (χ0v) is 10.9. The molecule has 0 bridgehead atoms. The molecule has 2 aromatic carbocycles. The summed E-state index contributed by atoms with van der Waals surface area (Å²) in [5.41, 5.74) is 1.09. The summed E-state index contributed by atoms with van der Waals surface area (Å²) in [6.45, 7) is -0.112. The number of aliphatic hydroxyl groups excluding tert-OH is 1. The lowest BCUT2D eigenvalue weighted by Gasteiger charge is -2.08. The van der Waals surface area contributed by atoms with Crippen LogP contribution < -0.4 is 5.32 Å². The van der Waals surface area contributed by atoms with E-state index in [4.69, 9.17) is 10.2 Å². The molecule has 2 rings (SSSR count). The number of benzene rings is 2. The van der Waals surface area contributed by atoms with Crippen LogP contribution in [0.3, 0.4) is 0 Å². The van der Waals surface area contributed by atoms with E-state index in [1.54, 1.807) is 24.3 Å². The number of carboxylic acid groups (broad SMARTS) is 1. The quantitative estimate of drug-likeness (QED) is 0.642. The van der Waals surface area contributed by atoms with Crippen molar-refractivity contribution in [2.75, 3.05) is 5.32 Å². The molecule has 0 aliphatic rings. The van der Waals surface area contributed by atoms with Gasteiger partial charge in [0.1, 0.15) is 5.75 Å². The third-order valence-corrected chi connectivity index (χ3v) is 2.89. The maximum absolute atomic E-state index is 12.0. The normalized spacial score (nSPS) is 10.1. The maximum Gasteiger partial charge on any atom is 0.335 e. The molecule has 0 fully saturated rings. The number of phenols is 1. The van der Waals surface area contributed by atoms with Gasteiger partial charge in [-0.3, -0.25) is 4.79 Å². The van der Waals surface area contributed by atoms with Crippen LogP contribution in [0.25, 0.3) is 0 Å². The van der Waals surface area contributed by atoms with Gasteiger partial charge in [0, 0.05) is 5.56 Å². The number of nitrogens with one attached hydrogen (secondary N) is 1. The molecule has 0 spiro atoms. The Hall–Kier alpha value is -2.86. The van der Waals surface area contributed by atoms with Gasteiger partial charge in [0.2, 0.25) is 0 Å². The summed E-state index contributed by atoms with van der Waals surface area (Å²) in [6, 6.07) is 9.98. The fraction of sp³-hybridized carbons (Fsp3) is 0.0667. The molecule has 1 amide bonds. The highest BCUT2D eigenvalue weighted by Crippen LogP contribution is 2.24. The van der Waals surface area contributed by atoms with Crippen molar-refractivity contribution >= 4 is 17.6 Å². The van der Waals surface area contributed by atoms with Gasteiger partial charge >= 0.3 is 5.97 Å². The number of aromatic hydroxyl groups is 1. The fourth-order valence-corrected chi connectivity index (χ4v) is 1.73. The van der Waals surface area contributed by atoms with Crippen LogP contribution in [0, 0.1) is 0 Å². The zero-order valence-electron chi connectivity index (χ0n) is 10.9. The van der Waals surface area contributed by atoms with Crippen molar-refractivity contribution < 1.29 is 24.9 Å². The number of hydrogen-bond acceptors (Lipinski definition) is 4. The molecule has 0 saturated heterocycles. The minimum absolute atomic E-state index is 0.0715. The second kappa shape index (κ2) is 6.06. The van der Waals surface area contributed by atoms with Crippen LogP contribution >= 0.6 is 0 Å². The van der Waals surface area contributed by atoms with E-state index < -0.39 is 11.9 Å². The number of carbonyl (C=O) groups excluding carboxylic acids is 1. The molecule has 0 aliphatic carbocycles. The number of anilines is 1. The Labute approximate surface area is 120 Å². The number of carbonyl (C=O) groups is 2. The molecule has 21 heavy (non-hydrogen) atoms. The van der Waals surface area contributed by atoms with Crippen LogP contribution in [-0.4, -0.2) is 27.2 Å². The average Bonchev–Trinajstić information content (AvgIpc) is 2.49. The number of rotatable bonds is 4. The number of carboxylic acids is 1. The lowest BCUT2D eigenvalue weighted by Crippen LogP contribution is -2.12. The van der Waals surface area contributed by atoms with Crippen LogP contribution in [0.2, 0.25) is 0 Å². The van der Waals surface area contributed by atoms with Gasteiger partial charge in [-0.2, -0.15) is 0 Å². The standard InChI is InChI=1S/C15H13NO5/c17-8-9-1-3-10(4-2-9)14(19)16-12-6-5-11(15(20)21)7-13(12)18/h1-7,17-18H,8H2,(H,16,19)(H,20,21). The summed E-state index contributed by atoms with van der Waals surface area (Å²) < 4.78 is 0. The Bertz CT molecular complexity index is 679. The van der Waals surface area contributed by atoms with Crippen molar-refractivity contribution in [1.82, 2.24) is 0 Å². The van der Waals surface area contributed by atoms with Crippen molar-refractivity contribution in [3.8, 4) is 5.75 Å². The Kier molecular flexibility index (Phi) is 4.20. The first-order valence-corrected chi connectivity index (χ1v) is 6.08. The van der Waals surface area contributed by atoms with Crippen LogP contribution in [0.15, 0.2) is 42.5 Å². The third kappa shape index (κ3) is 3.37. The average molecular weight is 287 g/mol. The van der Waals surface area contributed by atoms with Gasteiger partial charge in [0.25, 0.3) is 5.91 Å². The number of aliphatic hydroxyl groups is 1. The molecule has 0 unspecified atom stereocenters. The summed E-state index contributed by atoms with van der Waals surface area (Å²) in [5.74, 6) is -1.93. The molecule has 0 aliphatic heterocycles. The van der Waals surface area contributed by atoms with E-state index in [9.17, 15) is 14.7 Å². The zero-order chi connectivity index (χ0) is 15.4. The van der Waals surface area contributed by atoms with Crippen LogP contribution in [0.5, 0.6) is 5.75 Å². The summed E-state index contributed by atoms with van der Waals surface area (Å²) >= 11 is 0. The van der Waals surface area contributed by atoms with E-state index in [1.165, 1.54) is 12.1 Å². The highest BCUT2D eigenvalue weighted by Gasteiger charge is 2.11. The van der Waals surface area contributed by atoms with E-state index in [-0.39, 0.29) is 23.6 Å². The minimum atomic E-state index is -1.16. The van der Waals surface area contributed by atoms with Gasteiger partial charge in [-0.15, -0.1) is 0 Å². The topological polar surface area (TPSA) is 107 Å². The smallest absolute Gasteiger partial charge is 0.335 e. The van der Waals surface area contributed by atoms with Gasteiger partial charge in [-0.1, -0.05) is 12.1 Å². The lowest BCUT2D eigenvalue weighted by molar-refractivity contribution is 0.0696. The van der Waals surface area contributed by atoms with E-state index >= 15 is 0 Å². The lowest BCUT2D eigenvalue weighted by atomic mass is 10.1. The van der Waals surface area contributed by atoms with Gasteiger partial charge in [0.15, 0.2) is 0 Å². The van der Waals surface area contributed by atoms with E-state index in [0.717, 1.165) is 6.07 Å². The molecule has 0 aromatic heterocycles. The van der Waals surface area contributed by atoms with Crippen molar-refractivity contribution in [3.63, 3.8) is 0 Å². The molecule has 6 nitrogen and oxygen atoms in total. The summed E-state index contributed by atoms with van der Waals surface area (Å²) in [5, 5.41) is 29.9. The summed E-state index contributed by atoms with van der Waals surface area (Å²) in [7, 11) is 0. The largest absolute Gasteiger partial charge is 0.506 e. The Balaban J connectivity index is 2.17. The van der Waals surface area contributed by atoms with Crippen molar-refractivity contribution in [2.24, 2.45) is 0 Å². The highest BCUT2D eigenvalue weighted by atomic mass is 16.4. The van der Waals surface area contributed by atoms with Crippen molar-refractivity contribution in [2.45, 2.75) is 6.61 Å². The minimum Gasteiger partial charge on any atom is -0.506 e. The molecule has 2 aromatic rings. The molecular weight excluding hydrogens is 274 g/mol. The first-order valence-electron chi connectivity index (χ1n) is 6.08. The van der Waals surface area contributed by atoms with Crippen LogP contribution in [0.1, 0.15) is 26.3 Å². The number of hydrogen-bond donors (Lipinski definition) is 4. The fourth-order valence-electron chi connectivity index (χ4n) is 1.73. The third-order valence-electron chi connectivity index (χ3n) is 2.89. The summed E-state index contributed by atoms with van der Waals surface area (Å²) in [4.78, 5) is 22.7. The summed E-state index contributed by atoms with van der Waals surface area (Å²) in [6.07, 6.45) is 0. The number of aromatic carboxylic acids is 1. The van der Waals surface area contributed by atoms with Gasteiger partial charge in [0.05, 0.1) is 17.9 Å². The Morgan fingerprint density at radius 2 is 1.62 bits per heavy atom. The predicted octanol–water partition coefficient (Wildman–Crippen LogP) is 1.83. The monoisotopic (exact) mass is 287 g/mol. The Morgan fingerprint density at radius 1 is 1.00 bits per heavy atom. The van der Waals surface area contributed by atoms with E-state index in [1.807, 2.05) is 0 Å². The van der Waals surface area contributed by atoms with Gasteiger partial charge < -0.3 is 20.6 Å². The van der Waals surface area contributed by atoms with Crippen LogP contribution in [-0.2, 0) is 6.61 Å². The Morgan fingerprint density at radius 3 is 2.14 bits per heavy atom. The van der Waals surface area contributed by atoms with Gasteiger partial charge in [-0.25, -0.2) is 4.79 Å². The number of amides is 1. The molecule has 0 atom stereocenters. The van der Waals surface area contributed by atoms with Crippen LogP contribution in [0.4, 0.5) is 5.69 Å². The molecule has 4 N–H and O–H groups in total. The molecule has 0 saturated carbocycles.